The summed E-state index contributed by atoms with van der Waals surface area (Å²) in [6, 6.07) is 15.1. The summed E-state index contributed by atoms with van der Waals surface area (Å²) in [5.41, 5.74) is 4.26. The Morgan fingerprint density at radius 3 is 2.83 bits per heavy atom. The first-order chi connectivity index (χ1) is 16.9. The molecule has 0 bridgehead atoms. The van der Waals surface area contributed by atoms with Crippen LogP contribution in [-0.2, 0) is 24.7 Å². The van der Waals surface area contributed by atoms with Gasteiger partial charge in [0, 0.05) is 25.2 Å². The van der Waals surface area contributed by atoms with Crippen molar-refractivity contribution < 1.29 is 9.18 Å². The van der Waals surface area contributed by atoms with Gasteiger partial charge in [-0.25, -0.2) is 14.4 Å². The molecule has 174 valence electrons. The topological polar surface area (TPSA) is 99.7 Å². The number of rotatable bonds is 5. The summed E-state index contributed by atoms with van der Waals surface area (Å²) < 4.78 is 16.4. The number of hydrogen-bond acceptors (Lipinski definition) is 6. The number of carbonyl (C=O) groups excluding carboxylic acids is 1. The quantitative estimate of drug-likeness (QED) is 0.475. The van der Waals surface area contributed by atoms with Gasteiger partial charge in [0.05, 0.1) is 30.1 Å². The predicted octanol–water partition coefficient (Wildman–Crippen LogP) is 4.07. The van der Waals surface area contributed by atoms with Crippen LogP contribution in [0, 0.1) is 24.1 Å². The van der Waals surface area contributed by atoms with Crippen LogP contribution in [-0.4, -0.2) is 32.2 Å². The fourth-order valence-corrected chi connectivity index (χ4v) is 4.33. The summed E-state index contributed by atoms with van der Waals surface area (Å²) in [5, 5.41) is 17.0. The van der Waals surface area contributed by atoms with E-state index in [2.05, 4.69) is 26.5 Å². The lowest BCUT2D eigenvalue weighted by atomic mass is 10.0. The Morgan fingerprint density at radius 1 is 1.26 bits per heavy atom. The van der Waals surface area contributed by atoms with Crippen molar-refractivity contribution in [2.45, 2.75) is 19.8 Å². The zero-order chi connectivity index (χ0) is 24.5. The van der Waals surface area contributed by atoms with Gasteiger partial charge in [-0.3, -0.25) is 9.48 Å². The lowest BCUT2D eigenvalue weighted by molar-refractivity contribution is -0.117. The third-order valence-corrected chi connectivity index (χ3v) is 6.17. The highest BCUT2D eigenvalue weighted by atomic mass is 19.1. The normalized spacial score (nSPS) is 12.3. The largest absolute Gasteiger partial charge is 0.310 e. The summed E-state index contributed by atoms with van der Waals surface area (Å²) in [6.07, 6.45) is 3.55. The van der Waals surface area contributed by atoms with Crippen LogP contribution in [0.15, 0.2) is 54.9 Å². The van der Waals surface area contributed by atoms with Crippen LogP contribution in [0.1, 0.15) is 22.3 Å². The van der Waals surface area contributed by atoms with Gasteiger partial charge < -0.3 is 10.2 Å². The number of aromatic nitrogens is 4. The highest BCUT2D eigenvalue weighted by molar-refractivity contribution is 5.99. The molecular formula is C26H22FN7O. The summed E-state index contributed by atoms with van der Waals surface area (Å²) in [4.78, 5) is 23.2. The molecule has 0 radical (unpaired) electrons. The maximum Gasteiger partial charge on any atom is 0.231 e. The molecule has 0 unspecified atom stereocenters. The van der Waals surface area contributed by atoms with Crippen molar-refractivity contribution in [3.8, 4) is 17.3 Å². The first-order valence-electron chi connectivity index (χ1n) is 11.1. The highest BCUT2D eigenvalue weighted by Crippen LogP contribution is 2.37. The second kappa shape index (κ2) is 8.99. The number of fused-ring (bicyclic) bond motifs is 1. The molecule has 0 fully saturated rings. The molecule has 0 saturated carbocycles. The molecule has 0 saturated heterocycles. The molecule has 4 aromatic rings. The molecule has 0 atom stereocenters. The van der Waals surface area contributed by atoms with Gasteiger partial charge in [-0.2, -0.15) is 10.4 Å². The molecule has 1 aliphatic heterocycles. The number of nitrogens with one attached hydrogen (secondary N) is 1. The number of aryl methyl sites for hydroxylation is 2. The van der Waals surface area contributed by atoms with Gasteiger partial charge in [-0.15, -0.1) is 0 Å². The van der Waals surface area contributed by atoms with Crippen LogP contribution in [0.5, 0.6) is 0 Å². The molecule has 2 aromatic carbocycles. The molecule has 2 aromatic heterocycles. The van der Waals surface area contributed by atoms with Crippen molar-refractivity contribution in [3.63, 3.8) is 0 Å². The lowest BCUT2D eigenvalue weighted by Gasteiger charge is -2.19. The van der Waals surface area contributed by atoms with E-state index < -0.39 is 5.82 Å². The van der Waals surface area contributed by atoms with E-state index in [-0.39, 0.29) is 24.0 Å². The molecule has 9 heteroatoms. The minimum Gasteiger partial charge on any atom is -0.310 e. The Bertz CT molecular complexity index is 1490. The average Bonchev–Trinajstić information content (AvgIpc) is 3.47. The van der Waals surface area contributed by atoms with Crippen molar-refractivity contribution in [1.29, 1.82) is 5.26 Å². The average molecular weight is 468 g/mol. The Morgan fingerprint density at radius 2 is 2.09 bits per heavy atom. The fourth-order valence-electron chi connectivity index (χ4n) is 4.33. The molecule has 3 heterocycles. The van der Waals surface area contributed by atoms with Gasteiger partial charge in [-0.1, -0.05) is 24.3 Å². The van der Waals surface area contributed by atoms with Gasteiger partial charge in [0.25, 0.3) is 0 Å². The molecule has 0 spiro atoms. The number of amides is 1. The summed E-state index contributed by atoms with van der Waals surface area (Å²) >= 11 is 0. The van der Waals surface area contributed by atoms with Crippen LogP contribution < -0.4 is 10.2 Å². The van der Waals surface area contributed by atoms with Crippen molar-refractivity contribution in [2.24, 2.45) is 7.05 Å². The van der Waals surface area contributed by atoms with Gasteiger partial charge in [0.1, 0.15) is 17.6 Å². The Kier molecular flexibility index (Phi) is 5.71. The van der Waals surface area contributed by atoms with E-state index in [4.69, 9.17) is 0 Å². The number of benzene rings is 2. The number of anilines is 3. The second-order valence-corrected chi connectivity index (χ2v) is 8.40. The zero-order valence-electron chi connectivity index (χ0n) is 19.3. The third kappa shape index (κ3) is 4.22. The van der Waals surface area contributed by atoms with Crippen molar-refractivity contribution >= 4 is 23.4 Å². The van der Waals surface area contributed by atoms with Crippen molar-refractivity contribution in [3.05, 3.63) is 82.9 Å². The maximum absolute atomic E-state index is 14.8. The summed E-state index contributed by atoms with van der Waals surface area (Å²) in [5.74, 6) is 0.184. The zero-order valence-corrected chi connectivity index (χ0v) is 19.3. The maximum atomic E-state index is 14.8. The fraction of sp³-hybridized carbons (Fsp3) is 0.192. The molecule has 1 aliphatic rings. The van der Waals surface area contributed by atoms with E-state index in [1.807, 2.05) is 31.2 Å². The van der Waals surface area contributed by atoms with Gasteiger partial charge in [-0.05, 0) is 42.2 Å². The molecule has 5 rings (SSSR count). The SMILES string of the molecule is Cc1ccccc1CC(=O)N1CCc2cc(-c3nc(Nc4ccnn4C)ncc3F)cc(C#N)c21. The van der Waals surface area contributed by atoms with Crippen LogP contribution >= 0.6 is 0 Å². The smallest absolute Gasteiger partial charge is 0.231 e. The first-order valence-corrected chi connectivity index (χ1v) is 11.1. The van der Waals surface area contributed by atoms with Crippen LogP contribution in [0.25, 0.3) is 11.3 Å². The molecule has 8 nitrogen and oxygen atoms in total. The number of nitriles is 1. The van der Waals surface area contributed by atoms with E-state index in [0.29, 0.717) is 35.6 Å². The van der Waals surface area contributed by atoms with Crippen molar-refractivity contribution in [2.75, 3.05) is 16.8 Å². The number of hydrogen-bond donors (Lipinski definition) is 1. The molecular weight excluding hydrogens is 445 g/mol. The van der Waals surface area contributed by atoms with Crippen LogP contribution in [0.4, 0.5) is 21.8 Å². The van der Waals surface area contributed by atoms with Crippen molar-refractivity contribution in [1.82, 2.24) is 19.7 Å². The first kappa shape index (κ1) is 22.2. The second-order valence-electron chi connectivity index (χ2n) is 8.40. The van der Waals surface area contributed by atoms with Gasteiger partial charge >= 0.3 is 0 Å². The molecule has 0 aliphatic carbocycles. The summed E-state index contributed by atoms with van der Waals surface area (Å²) in [7, 11) is 1.76. The van der Waals surface area contributed by atoms with E-state index in [1.165, 1.54) is 0 Å². The Balaban J connectivity index is 1.48. The third-order valence-electron chi connectivity index (χ3n) is 6.17. The van der Waals surface area contributed by atoms with E-state index in [0.717, 1.165) is 22.9 Å². The van der Waals surface area contributed by atoms with E-state index in [1.54, 1.807) is 41.0 Å². The van der Waals surface area contributed by atoms with Crippen LogP contribution in [0.2, 0.25) is 0 Å². The molecule has 35 heavy (non-hydrogen) atoms. The van der Waals surface area contributed by atoms with E-state index >= 15 is 0 Å². The lowest BCUT2D eigenvalue weighted by Crippen LogP contribution is -2.31. The Hall–Kier alpha value is -4.58. The van der Waals surface area contributed by atoms with E-state index in [9.17, 15) is 14.4 Å². The van der Waals surface area contributed by atoms with Gasteiger partial charge in [0.15, 0.2) is 5.82 Å². The minimum atomic E-state index is -0.602. The standard InChI is InChI=1S/C26H22FN7O/c1-16-5-3-4-6-17(16)13-23(35)34-10-8-18-11-19(12-20(14-28)25(18)34)24-21(27)15-29-26(32-24)31-22-7-9-30-33(22)2/h3-7,9,11-12,15H,8,10,13H2,1-2H3,(H,29,31,32). The van der Waals surface area contributed by atoms with Crippen LogP contribution in [0.3, 0.4) is 0 Å². The number of nitrogens with zero attached hydrogens (tertiary/aromatic N) is 6. The monoisotopic (exact) mass is 467 g/mol. The predicted molar refractivity (Wildman–Crippen MR) is 130 cm³/mol. The number of halogens is 1. The minimum absolute atomic E-state index is 0.0711. The van der Waals surface area contributed by atoms with Gasteiger partial charge in [0.2, 0.25) is 11.9 Å². The highest BCUT2D eigenvalue weighted by Gasteiger charge is 2.29. The number of carbonyl (C=O) groups is 1. The molecule has 1 amide bonds. The summed E-state index contributed by atoms with van der Waals surface area (Å²) in [6.45, 7) is 2.44. The molecule has 1 N–H and O–H groups in total. The Labute approximate surface area is 201 Å².